The van der Waals surface area contributed by atoms with Crippen LogP contribution in [0.2, 0.25) is 0 Å². The molecule has 0 nitrogen and oxygen atoms in total. The van der Waals surface area contributed by atoms with E-state index >= 15 is 0 Å². The molecule has 0 spiro atoms. The summed E-state index contributed by atoms with van der Waals surface area (Å²) in [6.07, 6.45) is 13.2. The Morgan fingerprint density at radius 1 is 1.56 bits per heavy atom. The summed E-state index contributed by atoms with van der Waals surface area (Å²) in [6, 6.07) is 0. The van der Waals surface area contributed by atoms with E-state index in [4.69, 9.17) is 0 Å². The van der Waals surface area contributed by atoms with Crippen molar-refractivity contribution in [2.75, 3.05) is 0 Å². The Morgan fingerprint density at radius 2 is 2.44 bits per heavy atom. The lowest BCUT2D eigenvalue weighted by Crippen LogP contribution is -1.66. The second-order valence-corrected chi connectivity index (χ2v) is 2.21. The van der Waals surface area contributed by atoms with Crippen molar-refractivity contribution < 1.29 is 0 Å². The zero-order valence-electron chi connectivity index (χ0n) is 5.80. The summed E-state index contributed by atoms with van der Waals surface area (Å²) in [5.41, 5.74) is 1.45. The lowest BCUT2D eigenvalue weighted by Gasteiger charge is -1.85. The molecule has 0 aliphatic heterocycles. The van der Waals surface area contributed by atoms with Crippen molar-refractivity contribution in [2.24, 2.45) is 0 Å². The van der Waals surface area contributed by atoms with Gasteiger partial charge in [0.15, 0.2) is 0 Å². The monoisotopic (exact) mass is 120 g/mol. The number of hydrogen-bond acceptors (Lipinski definition) is 0. The second-order valence-electron chi connectivity index (χ2n) is 2.21. The van der Waals surface area contributed by atoms with Gasteiger partial charge in [-0.1, -0.05) is 30.4 Å². The van der Waals surface area contributed by atoms with Gasteiger partial charge in [0.1, 0.15) is 0 Å². The molecule has 48 valence electrons. The van der Waals surface area contributed by atoms with Crippen molar-refractivity contribution in [1.82, 2.24) is 0 Å². The fourth-order valence-electron chi connectivity index (χ4n) is 0.927. The number of hydrogen-bond donors (Lipinski definition) is 0. The van der Waals surface area contributed by atoms with Gasteiger partial charge in [0.05, 0.1) is 0 Å². The molecule has 0 heterocycles. The quantitative estimate of drug-likeness (QED) is 0.499. The third kappa shape index (κ3) is 1.88. The van der Waals surface area contributed by atoms with Crippen LogP contribution in [0.5, 0.6) is 0 Å². The van der Waals surface area contributed by atoms with Crippen LogP contribution in [0.3, 0.4) is 0 Å². The Balaban J connectivity index is 2.50. The van der Waals surface area contributed by atoms with Gasteiger partial charge in [0, 0.05) is 0 Å². The van der Waals surface area contributed by atoms with E-state index in [9.17, 15) is 0 Å². The minimum absolute atomic E-state index is 1.23. The Kier molecular flexibility index (Phi) is 2.32. The molecule has 0 aromatic heterocycles. The van der Waals surface area contributed by atoms with E-state index < -0.39 is 0 Å². The van der Waals surface area contributed by atoms with Gasteiger partial charge in [-0.15, -0.1) is 0 Å². The third-order valence-electron chi connectivity index (χ3n) is 1.43. The third-order valence-corrected chi connectivity index (χ3v) is 1.43. The largest absolute Gasteiger partial charge is 0.0877 e. The summed E-state index contributed by atoms with van der Waals surface area (Å²) in [6.45, 7) is 2.04. The van der Waals surface area contributed by atoms with Crippen LogP contribution in [0.15, 0.2) is 36.0 Å². The molecule has 0 fully saturated rings. The van der Waals surface area contributed by atoms with E-state index in [0.717, 1.165) is 0 Å². The van der Waals surface area contributed by atoms with Crippen LogP contribution in [0, 0.1) is 0 Å². The van der Waals surface area contributed by atoms with Gasteiger partial charge in [0.2, 0.25) is 0 Å². The van der Waals surface area contributed by atoms with Crippen LogP contribution in [0.25, 0.3) is 0 Å². The Morgan fingerprint density at radius 3 is 3.00 bits per heavy atom. The van der Waals surface area contributed by atoms with E-state index in [1.165, 1.54) is 18.4 Å². The number of allylic oxidation sites excluding steroid dienone is 6. The van der Waals surface area contributed by atoms with Crippen molar-refractivity contribution in [3.63, 3.8) is 0 Å². The van der Waals surface area contributed by atoms with Crippen molar-refractivity contribution in [3.05, 3.63) is 36.0 Å². The zero-order valence-corrected chi connectivity index (χ0v) is 5.80. The summed E-state index contributed by atoms with van der Waals surface area (Å²) in [4.78, 5) is 0. The lowest BCUT2D eigenvalue weighted by molar-refractivity contribution is 1.06. The van der Waals surface area contributed by atoms with Crippen LogP contribution >= 0.6 is 0 Å². The van der Waals surface area contributed by atoms with Crippen LogP contribution in [0.1, 0.15) is 19.8 Å². The summed E-state index contributed by atoms with van der Waals surface area (Å²) in [7, 11) is 0. The summed E-state index contributed by atoms with van der Waals surface area (Å²) < 4.78 is 0. The first-order valence-electron chi connectivity index (χ1n) is 3.42. The topological polar surface area (TPSA) is 0 Å². The highest BCUT2D eigenvalue weighted by Gasteiger charge is 1.95. The first-order chi connectivity index (χ1) is 4.43. The SMILES string of the molecule is C/C=C/C=C1\C=CCC1. The average molecular weight is 120 g/mol. The molecule has 1 rings (SSSR count). The molecule has 0 unspecified atom stereocenters. The Labute approximate surface area is 56.6 Å². The fraction of sp³-hybridized carbons (Fsp3) is 0.333. The second kappa shape index (κ2) is 3.29. The molecular formula is C9H12. The minimum atomic E-state index is 1.23. The predicted octanol–water partition coefficient (Wildman–Crippen LogP) is 2.84. The molecule has 0 atom stereocenters. The van der Waals surface area contributed by atoms with Gasteiger partial charge >= 0.3 is 0 Å². The van der Waals surface area contributed by atoms with Crippen LogP contribution in [0.4, 0.5) is 0 Å². The van der Waals surface area contributed by atoms with Crippen molar-refractivity contribution in [1.29, 1.82) is 0 Å². The summed E-state index contributed by atoms with van der Waals surface area (Å²) in [5, 5.41) is 0. The van der Waals surface area contributed by atoms with Gasteiger partial charge in [-0.05, 0) is 25.3 Å². The molecule has 0 radical (unpaired) electrons. The average Bonchev–Trinajstić information content (AvgIpc) is 2.34. The molecule has 0 aromatic rings. The molecule has 1 aliphatic carbocycles. The molecule has 0 bridgehead atoms. The zero-order chi connectivity index (χ0) is 6.53. The molecular weight excluding hydrogens is 108 g/mol. The maximum absolute atomic E-state index is 2.22. The highest BCUT2D eigenvalue weighted by molar-refractivity contribution is 5.27. The molecule has 1 aliphatic rings. The molecule has 0 aromatic carbocycles. The molecule has 0 N–H and O–H groups in total. The molecule has 9 heavy (non-hydrogen) atoms. The van der Waals surface area contributed by atoms with Gasteiger partial charge < -0.3 is 0 Å². The van der Waals surface area contributed by atoms with E-state index in [1.807, 2.05) is 6.92 Å². The first kappa shape index (κ1) is 6.34. The Hall–Kier alpha value is -0.780. The van der Waals surface area contributed by atoms with Crippen LogP contribution < -0.4 is 0 Å². The van der Waals surface area contributed by atoms with Crippen molar-refractivity contribution in [2.45, 2.75) is 19.8 Å². The van der Waals surface area contributed by atoms with Crippen LogP contribution in [-0.4, -0.2) is 0 Å². The van der Waals surface area contributed by atoms with Crippen molar-refractivity contribution >= 4 is 0 Å². The lowest BCUT2D eigenvalue weighted by atomic mass is 10.2. The standard InChI is InChI=1S/C9H12/c1-2-3-6-9-7-4-5-8-9/h2-4,6-7H,5,8H2,1H3/b3-2+,9-6+. The van der Waals surface area contributed by atoms with Gasteiger partial charge in [-0.25, -0.2) is 0 Å². The summed E-state index contributed by atoms with van der Waals surface area (Å²) in [5.74, 6) is 0. The maximum Gasteiger partial charge on any atom is -0.0244 e. The van der Waals surface area contributed by atoms with E-state index in [2.05, 4.69) is 30.4 Å². The molecule has 0 amide bonds. The highest BCUT2D eigenvalue weighted by Crippen LogP contribution is 2.14. The van der Waals surface area contributed by atoms with Gasteiger partial charge in [0.25, 0.3) is 0 Å². The van der Waals surface area contributed by atoms with E-state index in [0.29, 0.717) is 0 Å². The van der Waals surface area contributed by atoms with E-state index in [1.54, 1.807) is 0 Å². The Bertz CT molecular complexity index is 159. The van der Waals surface area contributed by atoms with Crippen LogP contribution in [-0.2, 0) is 0 Å². The summed E-state index contributed by atoms with van der Waals surface area (Å²) >= 11 is 0. The van der Waals surface area contributed by atoms with Gasteiger partial charge in [-0.3, -0.25) is 0 Å². The maximum atomic E-state index is 2.22. The smallest absolute Gasteiger partial charge is 0.0244 e. The number of rotatable bonds is 1. The minimum Gasteiger partial charge on any atom is -0.0877 e. The normalized spacial score (nSPS) is 22.6. The fourth-order valence-corrected chi connectivity index (χ4v) is 0.927. The molecule has 0 saturated heterocycles. The van der Waals surface area contributed by atoms with Gasteiger partial charge in [-0.2, -0.15) is 0 Å². The highest BCUT2D eigenvalue weighted by atomic mass is 14.0. The molecule has 0 heteroatoms. The first-order valence-corrected chi connectivity index (χ1v) is 3.42. The van der Waals surface area contributed by atoms with E-state index in [-0.39, 0.29) is 0 Å². The molecule has 0 saturated carbocycles. The van der Waals surface area contributed by atoms with Crippen molar-refractivity contribution in [3.8, 4) is 0 Å². The predicted molar refractivity (Wildman–Crippen MR) is 41.3 cm³/mol.